The van der Waals surface area contributed by atoms with Crippen LogP contribution in [-0.4, -0.2) is 123 Å². The Morgan fingerprint density at radius 3 is 2.16 bits per heavy atom. The van der Waals surface area contributed by atoms with Gasteiger partial charge in [-0.3, -0.25) is 48.8 Å². The van der Waals surface area contributed by atoms with Crippen molar-refractivity contribution in [3.05, 3.63) is 99.1 Å². The number of aromatic hydroxyl groups is 1. The second-order valence-electron chi connectivity index (χ2n) is 16.8. The van der Waals surface area contributed by atoms with Crippen molar-refractivity contribution in [3.63, 3.8) is 0 Å². The molecule has 1 unspecified atom stereocenters. The zero-order valence-corrected chi connectivity index (χ0v) is 32.1. The van der Waals surface area contributed by atoms with E-state index in [4.69, 9.17) is 0 Å². The van der Waals surface area contributed by atoms with Gasteiger partial charge < -0.3 is 14.9 Å². The number of imide groups is 2. The molecule has 0 bridgehead atoms. The molecular formula is C43H44F2N6O7. The number of carbonyl (C=O) groups excluding carboxylic acids is 6. The van der Waals surface area contributed by atoms with Crippen molar-refractivity contribution in [2.24, 2.45) is 5.41 Å². The monoisotopic (exact) mass is 794 g/mol. The lowest BCUT2D eigenvalue weighted by Crippen LogP contribution is -2.62. The highest BCUT2D eigenvalue weighted by Crippen LogP contribution is 2.43. The molecule has 6 amide bonds. The van der Waals surface area contributed by atoms with Gasteiger partial charge in [-0.15, -0.1) is 0 Å². The van der Waals surface area contributed by atoms with Gasteiger partial charge in [0.25, 0.3) is 24.1 Å². The van der Waals surface area contributed by atoms with Crippen molar-refractivity contribution in [2.75, 3.05) is 39.3 Å². The van der Waals surface area contributed by atoms with E-state index in [1.165, 1.54) is 0 Å². The van der Waals surface area contributed by atoms with Gasteiger partial charge in [0, 0.05) is 62.7 Å². The number of likely N-dealkylation sites (tertiary alicyclic amines) is 2. The number of rotatable bonds is 7. The van der Waals surface area contributed by atoms with Gasteiger partial charge in [0.15, 0.2) is 0 Å². The first-order valence-electron chi connectivity index (χ1n) is 19.9. The fraction of sp³-hybridized carbons (Fsp3) is 0.442. The first-order chi connectivity index (χ1) is 27.8. The summed E-state index contributed by atoms with van der Waals surface area (Å²) in [4.78, 5) is 86.1. The second kappa shape index (κ2) is 14.4. The second-order valence-corrected chi connectivity index (χ2v) is 16.8. The SMILES string of the molecule is C[C@@H]1Cc2cc(O)ccc2[C@H](c2ccc(C(=O)N3CC4(CCN(C(=O)CN5Cc6cc7c(cc6C5)C(=O)N(C5CCC(=O)NC5=O)C7=O)CC4)C3)cc2)N1CC(F)F. The van der Waals surface area contributed by atoms with Crippen LogP contribution >= 0.6 is 0 Å². The summed E-state index contributed by atoms with van der Waals surface area (Å²) in [7, 11) is 0. The van der Waals surface area contributed by atoms with Crippen LogP contribution in [0.4, 0.5) is 8.78 Å². The summed E-state index contributed by atoms with van der Waals surface area (Å²) >= 11 is 0. The maximum absolute atomic E-state index is 13.7. The number of hydrogen-bond donors (Lipinski definition) is 2. The van der Waals surface area contributed by atoms with E-state index in [2.05, 4.69) is 5.32 Å². The van der Waals surface area contributed by atoms with Crippen molar-refractivity contribution in [2.45, 2.75) is 76.7 Å². The van der Waals surface area contributed by atoms with Crippen LogP contribution in [0, 0.1) is 5.41 Å². The standard InChI is InChI=1S/C43H44F2N6O7/c1-24-14-27-15-30(52)6-7-31(27)38(50(24)20-35(44)45)25-2-4-26(5-3-25)40(56)49-22-43(23-49)10-12-48(13-11-43)37(54)21-47-18-28-16-32-33(17-29(28)19-47)42(58)51(41(32)57)34-8-9-36(53)46-39(34)55/h2-7,15-17,24,34-35,38,52H,8-14,18-23H2,1H3,(H,46,53,55)/t24-,34?,38+/m1/s1. The van der Waals surface area contributed by atoms with Crippen molar-refractivity contribution >= 4 is 35.4 Å². The number of phenols is 1. The molecule has 302 valence electrons. The van der Waals surface area contributed by atoms with Gasteiger partial charge in [-0.25, -0.2) is 8.78 Å². The van der Waals surface area contributed by atoms with Crippen LogP contribution in [0.3, 0.4) is 0 Å². The first-order valence-corrected chi connectivity index (χ1v) is 19.9. The number of piperidine rings is 2. The number of halogens is 2. The molecule has 6 aliphatic heterocycles. The summed E-state index contributed by atoms with van der Waals surface area (Å²) in [6, 6.07) is 14.0. The van der Waals surface area contributed by atoms with Crippen LogP contribution < -0.4 is 5.32 Å². The Labute approximate surface area is 333 Å². The van der Waals surface area contributed by atoms with Crippen LogP contribution in [0.25, 0.3) is 0 Å². The average Bonchev–Trinajstić information content (AvgIpc) is 3.68. The van der Waals surface area contributed by atoms with E-state index in [9.17, 15) is 42.7 Å². The molecule has 3 fully saturated rings. The van der Waals surface area contributed by atoms with Gasteiger partial charge in [-0.1, -0.05) is 18.2 Å². The molecule has 3 saturated heterocycles. The Balaban J connectivity index is 0.775. The van der Waals surface area contributed by atoms with Crippen LogP contribution in [0.1, 0.15) is 97.5 Å². The minimum atomic E-state index is -2.51. The van der Waals surface area contributed by atoms with E-state index in [0.29, 0.717) is 51.3 Å². The Morgan fingerprint density at radius 1 is 0.879 bits per heavy atom. The molecule has 15 heteroatoms. The number of phenolic OH excluding ortho intramolecular Hbond substituents is 1. The van der Waals surface area contributed by atoms with E-state index in [1.54, 1.807) is 47.4 Å². The predicted octanol–water partition coefficient (Wildman–Crippen LogP) is 3.47. The van der Waals surface area contributed by atoms with E-state index in [-0.39, 0.29) is 66.1 Å². The van der Waals surface area contributed by atoms with Crippen molar-refractivity contribution < 1.29 is 42.7 Å². The molecular weight excluding hydrogens is 751 g/mol. The Hall–Kier alpha value is -5.54. The van der Waals surface area contributed by atoms with E-state index < -0.39 is 42.1 Å². The van der Waals surface area contributed by atoms with Crippen LogP contribution in [0.15, 0.2) is 54.6 Å². The zero-order valence-electron chi connectivity index (χ0n) is 32.1. The Kier molecular flexibility index (Phi) is 9.42. The molecule has 9 rings (SSSR count). The fourth-order valence-electron chi connectivity index (χ4n) is 10.0. The van der Waals surface area contributed by atoms with Crippen LogP contribution in [-0.2, 0) is 33.9 Å². The van der Waals surface area contributed by atoms with Gasteiger partial charge in [-0.2, -0.15) is 0 Å². The summed E-state index contributed by atoms with van der Waals surface area (Å²) in [5, 5.41) is 12.3. The van der Waals surface area contributed by atoms with Crippen molar-refractivity contribution in [3.8, 4) is 5.75 Å². The third-order valence-corrected chi connectivity index (χ3v) is 13.1. The van der Waals surface area contributed by atoms with E-state index in [0.717, 1.165) is 45.6 Å². The summed E-state index contributed by atoms with van der Waals surface area (Å²) < 4.78 is 27.4. The van der Waals surface area contributed by atoms with Gasteiger partial charge in [0.1, 0.15) is 11.8 Å². The highest BCUT2D eigenvalue weighted by molar-refractivity contribution is 6.23. The molecule has 3 aromatic carbocycles. The van der Waals surface area contributed by atoms with Crippen molar-refractivity contribution in [1.82, 2.24) is 29.8 Å². The highest BCUT2D eigenvalue weighted by atomic mass is 19.3. The number of benzene rings is 3. The van der Waals surface area contributed by atoms with Gasteiger partial charge in [-0.05, 0) is 96.8 Å². The molecule has 0 saturated carbocycles. The molecule has 58 heavy (non-hydrogen) atoms. The minimum absolute atomic E-state index is 0.00220. The number of carbonyl (C=O) groups is 6. The Morgan fingerprint density at radius 2 is 1.53 bits per heavy atom. The highest BCUT2D eigenvalue weighted by Gasteiger charge is 2.48. The van der Waals surface area contributed by atoms with Gasteiger partial charge in [0.2, 0.25) is 17.7 Å². The molecule has 6 heterocycles. The summed E-state index contributed by atoms with van der Waals surface area (Å²) in [5.41, 5.74) is 5.24. The normalized spacial score (nSPS) is 24.2. The van der Waals surface area contributed by atoms with Crippen LogP contribution in [0.5, 0.6) is 5.75 Å². The molecule has 0 aliphatic carbocycles. The smallest absolute Gasteiger partial charge is 0.262 e. The third-order valence-electron chi connectivity index (χ3n) is 13.1. The lowest BCUT2D eigenvalue weighted by Gasteiger charge is -2.54. The number of amides is 6. The fourth-order valence-corrected chi connectivity index (χ4v) is 10.0. The van der Waals surface area contributed by atoms with Crippen molar-refractivity contribution in [1.29, 1.82) is 0 Å². The number of nitrogens with one attached hydrogen (secondary N) is 1. The van der Waals surface area contributed by atoms with Crippen LogP contribution in [0.2, 0.25) is 0 Å². The number of alkyl halides is 2. The van der Waals surface area contributed by atoms with E-state index in [1.807, 2.05) is 33.8 Å². The molecule has 1 spiro atoms. The molecule has 13 nitrogen and oxygen atoms in total. The van der Waals surface area contributed by atoms with Gasteiger partial charge in [0.05, 0.1) is 30.3 Å². The summed E-state index contributed by atoms with van der Waals surface area (Å²) in [5.74, 6) is -2.13. The first kappa shape index (κ1) is 38.0. The lowest BCUT2D eigenvalue weighted by molar-refractivity contribution is -0.137. The molecule has 2 N–H and O–H groups in total. The number of nitrogens with zero attached hydrogens (tertiary/aromatic N) is 5. The zero-order chi connectivity index (χ0) is 40.6. The Bertz CT molecular complexity index is 2200. The quantitative estimate of drug-likeness (QED) is 0.343. The molecule has 6 aliphatic rings. The molecule has 3 aromatic rings. The average molecular weight is 795 g/mol. The van der Waals surface area contributed by atoms with Gasteiger partial charge >= 0.3 is 0 Å². The number of hydrogen-bond acceptors (Lipinski definition) is 9. The topological polar surface area (TPSA) is 151 Å². The third kappa shape index (κ3) is 6.63. The maximum atomic E-state index is 13.7. The molecule has 3 atom stereocenters. The number of fused-ring (bicyclic) bond motifs is 3. The molecule has 0 radical (unpaired) electrons. The summed E-state index contributed by atoms with van der Waals surface area (Å²) in [6.07, 6.45) is -0.268. The maximum Gasteiger partial charge on any atom is 0.262 e. The summed E-state index contributed by atoms with van der Waals surface area (Å²) in [6.45, 7) is 4.95. The predicted molar refractivity (Wildman–Crippen MR) is 204 cm³/mol. The lowest BCUT2D eigenvalue weighted by atomic mass is 9.71. The molecule has 0 aromatic heterocycles. The van der Waals surface area contributed by atoms with E-state index >= 15 is 0 Å². The largest absolute Gasteiger partial charge is 0.508 e. The minimum Gasteiger partial charge on any atom is -0.508 e.